The third-order valence-corrected chi connectivity index (χ3v) is 11.8. The Morgan fingerprint density at radius 2 is 1.98 bits per heavy atom. The summed E-state index contributed by atoms with van der Waals surface area (Å²) in [5.74, 6) is 1.01. The number of nitrogens with one attached hydrogen (secondary N) is 1. The van der Waals surface area contributed by atoms with Gasteiger partial charge in [-0.3, -0.25) is 4.79 Å². The molecule has 0 aromatic heterocycles. The summed E-state index contributed by atoms with van der Waals surface area (Å²) in [5, 5.41) is 11.1. The highest BCUT2D eigenvalue weighted by Gasteiger charge is 2.44. The van der Waals surface area contributed by atoms with E-state index < -0.39 is 15.9 Å². The second-order valence-electron chi connectivity index (χ2n) is 13.0. The highest BCUT2D eigenvalue weighted by atomic mass is 35.5. The molecule has 1 spiro atoms. The van der Waals surface area contributed by atoms with Gasteiger partial charge in [0.2, 0.25) is 10.0 Å². The zero-order valence-corrected chi connectivity index (χ0v) is 25.4. The maximum absolute atomic E-state index is 13.2. The lowest BCUT2D eigenvalue weighted by Crippen LogP contribution is -2.49. The van der Waals surface area contributed by atoms with Crippen LogP contribution >= 0.6 is 11.6 Å². The molecule has 2 aromatic carbocycles. The summed E-state index contributed by atoms with van der Waals surface area (Å²) in [6.45, 7) is 4.14. The van der Waals surface area contributed by atoms with Gasteiger partial charge in [-0.05, 0) is 110 Å². The van der Waals surface area contributed by atoms with E-state index in [1.54, 1.807) is 12.1 Å². The summed E-state index contributed by atoms with van der Waals surface area (Å²) < 4.78 is 34.6. The Bertz CT molecular complexity index is 1410. The van der Waals surface area contributed by atoms with Crippen molar-refractivity contribution in [3.63, 3.8) is 0 Å². The highest BCUT2D eigenvalue weighted by Crippen LogP contribution is 2.47. The van der Waals surface area contributed by atoms with Gasteiger partial charge in [0.15, 0.2) is 0 Å². The summed E-state index contributed by atoms with van der Waals surface area (Å²) >= 11 is 6.39. The van der Waals surface area contributed by atoms with Gasteiger partial charge in [0.05, 0.1) is 18.0 Å². The summed E-state index contributed by atoms with van der Waals surface area (Å²) in [7, 11) is -3.79. The van der Waals surface area contributed by atoms with Gasteiger partial charge >= 0.3 is 0 Å². The summed E-state index contributed by atoms with van der Waals surface area (Å²) in [5.41, 5.74) is 3.47. The van der Waals surface area contributed by atoms with E-state index in [2.05, 4.69) is 21.8 Å². The van der Waals surface area contributed by atoms with Crippen molar-refractivity contribution in [2.24, 2.45) is 23.7 Å². The fourth-order valence-electron chi connectivity index (χ4n) is 7.85. The Morgan fingerprint density at radius 3 is 2.76 bits per heavy atom. The number of aliphatic hydroxyl groups is 1. The van der Waals surface area contributed by atoms with Gasteiger partial charge in [-0.1, -0.05) is 31.0 Å². The van der Waals surface area contributed by atoms with Crippen molar-refractivity contribution >= 4 is 33.2 Å². The Hall–Kier alpha value is -2.29. The Labute approximate surface area is 248 Å². The van der Waals surface area contributed by atoms with Crippen LogP contribution in [-0.2, 0) is 21.9 Å². The first-order chi connectivity index (χ1) is 19.7. The predicted octanol–water partition coefficient (Wildman–Crippen LogP) is 5.33. The molecule has 2 bridgehead atoms. The molecule has 5 atom stereocenters. The van der Waals surface area contributed by atoms with Gasteiger partial charge in [0, 0.05) is 35.7 Å². The number of carbonyl (C=O) groups is 1. The highest BCUT2D eigenvalue weighted by molar-refractivity contribution is 7.90. The van der Waals surface area contributed by atoms with E-state index in [9.17, 15) is 18.3 Å². The van der Waals surface area contributed by atoms with Crippen LogP contribution in [0, 0.1) is 23.7 Å². The van der Waals surface area contributed by atoms with E-state index in [1.807, 2.05) is 19.1 Å². The molecule has 222 valence electrons. The number of aryl methyl sites for hydroxylation is 1. The zero-order chi connectivity index (χ0) is 28.8. The molecule has 9 heteroatoms. The minimum Gasteiger partial charge on any atom is -0.490 e. The molecule has 2 aromatic rings. The van der Waals surface area contributed by atoms with Crippen molar-refractivity contribution < 1.29 is 23.1 Å². The Morgan fingerprint density at radius 1 is 1.12 bits per heavy atom. The second kappa shape index (κ2) is 11.4. The van der Waals surface area contributed by atoms with Gasteiger partial charge < -0.3 is 14.7 Å². The lowest BCUT2D eigenvalue weighted by atomic mass is 9.65. The van der Waals surface area contributed by atoms with E-state index in [1.165, 1.54) is 11.1 Å². The maximum atomic E-state index is 13.2. The number of carbonyl (C=O) groups excluding carboxylic acids is 1. The van der Waals surface area contributed by atoms with E-state index in [0.29, 0.717) is 29.8 Å². The van der Waals surface area contributed by atoms with Crippen molar-refractivity contribution in [1.82, 2.24) is 4.72 Å². The van der Waals surface area contributed by atoms with Crippen molar-refractivity contribution in [3.05, 3.63) is 58.1 Å². The summed E-state index contributed by atoms with van der Waals surface area (Å²) in [6, 6.07) is 11.5. The maximum Gasteiger partial charge on any atom is 0.264 e. The number of fused-ring (bicyclic) bond motifs is 4. The molecule has 7 nitrogen and oxygen atoms in total. The van der Waals surface area contributed by atoms with Crippen molar-refractivity contribution in [2.75, 3.05) is 37.0 Å². The first-order valence-corrected chi connectivity index (χ1v) is 17.2. The van der Waals surface area contributed by atoms with Crippen LogP contribution in [0.4, 0.5) is 5.69 Å². The zero-order valence-electron chi connectivity index (χ0n) is 23.8. The average molecular weight is 601 g/mol. The van der Waals surface area contributed by atoms with Crippen LogP contribution in [0.15, 0.2) is 36.4 Å². The van der Waals surface area contributed by atoms with E-state index in [-0.39, 0.29) is 29.6 Å². The minimum absolute atomic E-state index is 0.0786. The molecule has 2 heterocycles. The average Bonchev–Trinajstić information content (AvgIpc) is 3.06. The molecule has 2 aliphatic heterocycles. The van der Waals surface area contributed by atoms with Gasteiger partial charge in [0.1, 0.15) is 5.75 Å². The molecule has 1 fully saturated rings. The number of anilines is 1. The number of nitrogens with zero attached hydrogens (tertiary/aromatic N) is 1. The van der Waals surface area contributed by atoms with Gasteiger partial charge in [-0.25, -0.2) is 13.1 Å². The topological polar surface area (TPSA) is 95.9 Å². The van der Waals surface area contributed by atoms with Crippen LogP contribution in [0.5, 0.6) is 5.75 Å². The lowest BCUT2D eigenvalue weighted by Gasteiger charge is -2.46. The molecule has 1 amide bonds. The van der Waals surface area contributed by atoms with Crippen LogP contribution in [0.2, 0.25) is 5.02 Å². The standard InChI is InChI=1S/C32H41ClN2O5S/c1-21-4-2-5-25(17-36)27-10-7-24(27)16-35-19-32(13-3-6-22-14-26(33)9-11-28(22)32)20-40-30-12-8-23(15-29(30)35)31(37)34-41(38,39)18-21/h8-9,11-12,14-15,21,24-25,27,36H,2-7,10,13,16-20H2,1H3,(H,34,37)/t21-,24-,25+,27+,32-/m0/s1. The Kier molecular flexibility index (Phi) is 8.02. The molecule has 0 saturated heterocycles. The summed E-state index contributed by atoms with van der Waals surface area (Å²) in [6.07, 6.45) is 7.74. The van der Waals surface area contributed by atoms with Crippen LogP contribution < -0.4 is 14.4 Å². The molecular formula is C32H41ClN2O5S. The third-order valence-electron chi connectivity index (χ3n) is 10.1. The molecule has 0 unspecified atom stereocenters. The predicted molar refractivity (Wildman–Crippen MR) is 161 cm³/mol. The fourth-order valence-corrected chi connectivity index (χ4v) is 9.44. The van der Waals surface area contributed by atoms with Gasteiger partial charge in [0.25, 0.3) is 5.91 Å². The normalized spacial score (nSPS) is 31.6. The fraction of sp³-hybridized carbons (Fsp3) is 0.594. The number of hydrogen-bond acceptors (Lipinski definition) is 6. The Balaban J connectivity index is 1.41. The van der Waals surface area contributed by atoms with Crippen LogP contribution in [0.25, 0.3) is 0 Å². The SMILES string of the molecule is C[C@H]1CCC[C@H](CO)[C@@H]2CC[C@H]2CN2C[C@@]3(CCCc4cc(Cl)ccc43)COc3ccc(cc32)C(=O)NS(=O)(=O)C1. The molecule has 4 aliphatic rings. The number of sulfonamides is 1. The van der Waals surface area contributed by atoms with E-state index in [0.717, 1.165) is 75.2 Å². The second-order valence-corrected chi connectivity index (χ2v) is 15.2. The molecule has 6 rings (SSSR count). The number of aliphatic hydroxyl groups excluding tert-OH is 1. The number of benzene rings is 2. The number of hydrogen-bond donors (Lipinski definition) is 2. The molecule has 1 saturated carbocycles. The van der Waals surface area contributed by atoms with Crippen LogP contribution in [0.3, 0.4) is 0 Å². The van der Waals surface area contributed by atoms with Gasteiger partial charge in [-0.15, -0.1) is 0 Å². The minimum atomic E-state index is -3.79. The summed E-state index contributed by atoms with van der Waals surface area (Å²) in [4.78, 5) is 15.6. The largest absolute Gasteiger partial charge is 0.490 e. The number of rotatable bonds is 1. The van der Waals surface area contributed by atoms with Crippen molar-refractivity contribution in [3.8, 4) is 5.75 Å². The molecule has 2 aliphatic carbocycles. The first-order valence-electron chi connectivity index (χ1n) is 15.1. The molecule has 0 radical (unpaired) electrons. The van der Waals surface area contributed by atoms with Gasteiger partial charge in [-0.2, -0.15) is 0 Å². The van der Waals surface area contributed by atoms with Crippen LogP contribution in [-0.4, -0.2) is 51.5 Å². The van der Waals surface area contributed by atoms with E-state index >= 15 is 0 Å². The smallest absolute Gasteiger partial charge is 0.264 e. The van der Waals surface area contributed by atoms with Crippen molar-refractivity contribution in [1.29, 1.82) is 0 Å². The monoisotopic (exact) mass is 600 g/mol. The third kappa shape index (κ3) is 5.84. The van der Waals surface area contributed by atoms with E-state index in [4.69, 9.17) is 16.3 Å². The van der Waals surface area contributed by atoms with Crippen LogP contribution in [0.1, 0.15) is 73.4 Å². The molecule has 41 heavy (non-hydrogen) atoms. The number of ether oxygens (including phenoxy) is 1. The van der Waals surface area contributed by atoms with Crippen molar-refractivity contribution in [2.45, 2.75) is 63.7 Å². The first kappa shape index (κ1) is 28.8. The molecular weight excluding hydrogens is 560 g/mol. The number of halogens is 1. The lowest BCUT2D eigenvalue weighted by molar-refractivity contribution is 0.0570. The quantitative estimate of drug-likeness (QED) is 0.460. The molecule has 2 N–H and O–H groups in total. The number of amides is 1.